The number of methoxy groups -OCH3 is 1. The molecule has 1 aromatic carbocycles. The molecule has 0 fully saturated rings. The summed E-state index contributed by atoms with van der Waals surface area (Å²) >= 11 is 0. The molecule has 1 aromatic rings. The van der Waals surface area contributed by atoms with Crippen molar-refractivity contribution >= 4 is 0 Å². The highest BCUT2D eigenvalue weighted by Crippen LogP contribution is 2.28. The molecule has 0 bridgehead atoms. The van der Waals surface area contributed by atoms with Crippen molar-refractivity contribution in [3.05, 3.63) is 29.3 Å². The zero-order valence-electron chi connectivity index (χ0n) is 9.37. The van der Waals surface area contributed by atoms with Crippen molar-refractivity contribution in [1.82, 2.24) is 0 Å². The molecule has 0 heterocycles. The van der Waals surface area contributed by atoms with Crippen molar-refractivity contribution in [3.8, 4) is 5.75 Å². The van der Waals surface area contributed by atoms with Crippen molar-refractivity contribution < 1.29 is 4.74 Å². The fraction of sp³-hybridized carbons (Fsp3) is 0.500. The van der Waals surface area contributed by atoms with Gasteiger partial charge in [-0.05, 0) is 24.5 Å². The Hall–Kier alpha value is -1.02. The zero-order chi connectivity index (χ0) is 10.7. The monoisotopic (exact) mass is 193 g/mol. The van der Waals surface area contributed by atoms with Crippen molar-refractivity contribution in [2.24, 2.45) is 11.7 Å². The summed E-state index contributed by atoms with van der Waals surface area (Å²) in [5.74, 6) is 1.32. The van der Waals surface area contributed by atoms with Gasteiger partial charge in [-0.3, -0.25) is 0 Å². The van der Waals surface area contributed by atoms with E-state index in [9.17, 15) is 0 Å². The van der Waals surface area contributed by atoms with Crippen LogP contribution >= 0.6 is 0 Å². The molecule has 0 aliphatic rings. The first-order valence-electron chi connectivity index (χ1n) is 4.96. The number of benzene rings is 1. The van der Waals surface area contributed by atoms with Gasteiger partial charge in [0.25, 0.3) is 0 Å². The summed E-state index contributed by atoms with van der Waals surface area (Å²) in [5, 5.41) is 0. The first-order valence-corrected chi connectivity index (χ1v) is 4.96. The third-order valence-corrected chi connectivity index (χ3v) is 2.47. The van der Waals surface area contributed by atoms with Gasteiger partial charge >= 0.3 is 0 Å². The van der Waals surface area contributed by atoms with Crippen LogP contribution in [0, 0.1) is 12.8 Å². The number of hydrogen-bond acceptors (Lipinski definition) is 2. The van der Waals surface area contributed by atoms with E-state index in [0.29, 0.717) is 5.92 Å². The van der Waals surface area contributed by atoms with E-state index in [4.69, 9.17) is 10.5 Å². The molecule has 2 heteroatoms. The molecular formula is C12H19NO. The van der Waals surface area contributed by atoms with Gasteiger partial charge < -0.3 is 10.5 Å². The van der Waals surface area contributed by atoms with Gasteiger partial charge in [-0.2, -0.15) is 0 Å². The molecule has 2 N–H and O–H groups in total. The molecular weight excluding hydrogens is 174 g/mol. The van der Waals surface area contributed by atoms with Gasteiger partial charge in [0.1, 0.15) is 5.75 Å². The maximum absolute atomic E-state index is 6.08. The van der Waals surface area contributed by atoms with Gasteiger partial charge in [0.2, 0.25) is 0 Å². The van der Waals surface area contributed by atoms with Crippen LogP contribution in [0.4, 0.5) is 0 Å². The lowest BCUT2D eigenvalue weighted by molar-refractivity contribution is 0.396. The van der Waals surface area contributed by atoms with Crippen molar-refractivity contribution in [2.45, 2.75) is 26.8 Å². The lowest BCUT2D eigenvalue weighted by Crippen LogP contribution is -2.17. The molecule has 0 saturated heterocycles. The number of hydrogen-bond donors (Lipinski definition) is 1. The standard InChI is InChI=1S/C12H19NO/c1-8(2)12(13)10-6-5-9(3)7-11(10)14-4/h5-8,12H,13H2,1-4H3/t12-/m1/s1. The van der Waals surface area contributed by atoms with Crippen LogP contribution in [0.15, 0.2) is 18.2 Å². The van der Waals surface area contributed by atoms with E-state index in [2.05, 4.69) is 26.0 Å². The average molecular weight is 193 g/mol. The molecule has 1 rings (SSSR count). The van der Waals surface area contributed by atoms with E-state index in [0.717, 1.165) is 11.3 Å². The molecule has 1 atom stereocenters. The van der Waals surface area contributed by atoms with E-state index in [1.807, 2.05) is 13.0 Å². The van der Waals surface area contributed by atoms with E-state index < -0.39 is 0 Å². The Labute approximate surface area is 86.1 Å². The summed E-state index contributed by atoms with van der Waals surface area (Å²) < 4.78 is 5.32. The van der Waals surface area contributed by atoms with Gasteiger partial charge in [0, 0.05) is 11.6 Å². The molecule has 0 amide bonds. The molecule has 2 nitrogen and oxygen atoms in total. The highest BCUT2D eigenvalue weighted by molar-refractivity contribution is 5.39. The maximum atomic E-state index is 6.08. The number of aryl methyl sites for hydroxylation is 1. The summed E-state index contributed by atoms with van der Waals surface area (Å²) in [6.07, 6.45) is 0. The van der Waals surface area contributed by atoms with Crippen LogP contribution in [0.3, 0.4) is 0 Å². The Morgan fingerprint density at radius 1 is 1.29 bits per heavy atom. The highest BCUT2D eigenvalue weighted by Gasteiger charge is 2.14. The van der Waals surface area contributed by atoms with Crippen LogP contribution in [0.1, 0.15) is 31.0 Å². The predicted molar refractivity (Wildman–Crippen MR) is 59.5 cm³/mol. The van der Waals surface area contributed by atoms with Crippen molar-refractivity contribution in [2.75, 3.05) is 7.11 Å². The van der Waals surface area contributed by atoms with Gasteiger partial charge in [-0.15, -0.1) is 0 Å². The molecule has 78 valence electrons. The van der Waals surface area contributed by atoms with E-state index >= 15 is 0 Å². The third-order valence-electron chi connectivity index (χ3n) is 2.47. The first-order chi connectivity index (χ1) is 6.56. The summed E-state index contributed by atoms with van der Waals surface area (Å²) in [6.45, 7) is 6.28. The first kappa shape index (κ1) is 11.1. The Balaban J connectivity index is 3.07. The average Bonchev–Trinajstić information content (AvgIpc) is 2.16. The molecule has 14 heavy (non-hydrogen) atoms. The molecule has 0 spiro atoms. The lowest BCUT2D eigenvalue weighted by atomic mass is 9.95. The second-order valence-corrected chi connectivity index (χ2v) is 4.02. The van der Waals surface area contributed by atoms with Crippen LogP contribution in [0.25, 0.3) is 0 Å². The van der Waals surface area contributed by atoms with E-state index in [-0.39, 0.29) is 6.04 Å². The third kappa shape index (κ3) is 2.26. The fourth-order valence-electron chi connectivity index (χ4n) is 1.45. The minimum Gasteiger partial charge on any atom is -0.496 e. The van der Waals surface area contributed by atoms with Gasteiger partial charge in [-0.25, -0.2) is 0 Å². The summed E-state index contributed by atoms with van der Waals surface area (Å²) in [4.78, 5) is 0. The summed E-state index contributed by atoms with van der Waals surface area (Å²) in [7, 11) is 1.69. The van der Waals surface area contributed by atoms with Crippen LogP contribution in [0.2, 0.25) is 0 Å². The lowest BCUT2D eigenvalue weighted by Gasteiger charge is -2.19. The molecule has 0 unspecified atom stereocenters. The summed E-state index contributed by atoms with van der Waals surface area (Å²) in [5.41, 5.74) is 8.37. The highest BCUT2D eigenvalue weighted by atomic mass is 16.5. The van der Waals surface area contributed by atoms with Crippen LogP contribution < -0.4 is 10.5 Å². The molecule has 0 aromatic heterocycles. The maximum Gasteiger partial charge on any atom is 0.123 e. The number of rotatable bonds is 3. The van der Waals surface area contributed by atoms with Crippen LogP contribution in [-0.4, -0.2) is 7.11 Å². The van der Waals surface area contributed by atoms with E-state index in [1.54, 1.807) is 7.11 Å². The van der Waals surface area contributed by atoms with Gasteiger partial charge in [0.15, 0.2) is 0 Å². The van der Waals surface area contributed by atoms with Crippen LogP contribution in [0.5, 0.6) is 5.75 Å². The predicted octanol–water partition coefficient (Wildman–Crippen LogP) is 2.66. The van der Waals surface area contributed by atoms with Crippen molar-refractivity contribution in [1.29, 1.82) is 0 Å². The second kappa shape index (κ2) is 4.47. The zero-order valence-corrected chi connectivity index (χ0v) is 9.37. The number of ether oxygens (including phenoxy) is 1. The largest absolute Gasteiger partial charge is 0.496 e. The topological polar surface area (TPSA) is 35.2 Å². The normalized spacial score (nSPS) is 13.0. The minimum absolute atomic E-state index is 0.0468. The SMILES string of the molecule is COc1cc(C)ccc1[C@H](N)C(C)C. The molecule has 0 aliphatic carbocycles. The Bertz CT molecular complexity index is 307. The summed E-state index contributed by atoms with van der Waals surface area (Å²) in [6, 6.07) is 6.20. The smallest absolute Gasteiger partial charge is 0.123 e. The Morgan fingerprint density at radius 2 is 1.93 bits per heavy atom. The fourth-order valence-corrected chi connectivity index (χ4v) is 1.45. The number of nitrogens with two attached hydrogens (primary N) is 1. The molecule has 0 aliphatic heterocycles. The quantitative estimate of drug-likeness (QED) is 0.801. The van der Waals surface area contributed by atoms with Crippen LogP contribution in [-0.2, 0) is 0 Å². The van der Waals surface area contributed by atoms with Gasteiger partial charge in [-0.1, -0.05) is 26.0 Å². The minimum atomic E-state index is 0.0468. The second-order valence-electron chi connectivity index (χ2n) is 4.02. The molecule has 0 saturated carbocycles. The Morgan fingerprint density at radius 3 is 2.43 bits per heavy atom. The van der Waals surface area contributed by atoms with Crippen molar-refractivity contribution in [3.63, 3.8) is 0 Å². The van der Waals surface area contributed by atoms with E-state index in [1.165, 1.54) is 5.56 Å². The molecule has 0 radical (unpaired) electrons. The van der Waals surface area contributed by atoms with Gasteiger partial charge in [0.05, 0.1) is 7.11 Å². The Kier molecular flexibility index (Phi) is 3.53.